The minimum absolute atomic E-state index is 0.105. The summed E-state index contributed by atoms with van der Waals surface area (Å²) in [5.41, 5.74) is 1.48. The van der Waals surface area contributed by atoms with E-state index in [2.05, 4.69) is 5.32 Å². The summed E-state index contributed by atoms with van der Waals surface area (Å²) in [7, 11) is -3.62. The minimum atomic E-state index is -3.62. The van der Waals surface area contributed by atoms with Gasteiger partial charge in [-0.15, -0.1) is 0 Å². The summed E-state index contributed by atoms with van der Waals surface area (Å²) < 4.78 is 32.8. The maximum Gasteiger partial charge on any atom is 0.243 e. The van der Waals surface area contributed by atoms with E-state index in [1.165, 1.54) is 16.4 Å². The van der Waals surface area contributed by atoms with Crippen LogP contribution in [0.2, 0.25) is 0 Å². The molecule has 0 bridgehead atoms. The number of sulfonamides is 1. The predicted molar refractivity (Wildman–Crippen MR) is 114 cm³/mol. The highest BCUT2D eigenvalue weighted by molar-refractivity contribution is 7.89. The van der Waals surface area contributed by atoms with Crippen LogP contribution in [0.15, 0.2) is 39.9 Å². The molecule has 0 aliphatic heterocycles. The molecule has 0 unspecified atom stereocenters. The molecule has 0 fully saturated rings. The summed E-state index contributed by atoms with van der Waals surface area (Å²) >= 11 is 1.59. The second kappa shape index (κ2) is 10.0. The second-order valence-corrected chi connectivity index (χ2v) is 9.31. The Bertz CT molecular complexity index is 874. The van der Waals surface area contributed by atoms with Gasteiger partial charge >= 0.3 is 0 Å². The van der Waals surface area contributed by atoms with E-state index in [4.69, 9.17) is 4.74 Å². The highest BCUT2D eigenvalue weighted by atomic mass is 32.2. The second-order valence-electron chi connectivity index (χ2n) is 6.59. The number of hydrogen-bond donors (Lipinski definition) is 1. The van der Waals surface area contributed by atoms with Gasteiger partial charge in [0.1, 0.15) is 5.75 Å². The van der Waals surface area contributed by atoms with Crippen LogP contribution in [-0.2, 0) is 21.2 Å². The van der Waals surface area contributed by atoms with Crippen LogP contribution in [0.25, 0.3) is 0 Å². The maximum absolute atomic E-state index is 12.8. The molecule has 0 aliphatic carbocycles. The van der Waals surface area contributed by atoms with Crippen molar-refractivity contribution in [1.82, 2.24) is 4.31 Å². The van der Waals surface area contributed by atoms with Gasteiger partial charge in [-0.25, -0.2) is 8.42 Å². The van der Waals surface area contributed by atoms with Gasteiger partial charge in [0, 0.05) is 19.5 Å². The standard InChI is InChI=1S/C20H28N2O4S2/c1-5-22(6-2)28(24,25)17-8-9-19(26-15(3)4)18(13-17)21-20(23)10-7-16-11-12-27-14-16/h8-9,11-15H,5-7,10H2,1-4H3,(H,21,23). The number of anilines is 1. The number of hydrogen-bond acceptors (Lipinski definition) is 5. The average molecular weight is 425 g/mol. The number of carbonyl (C=O) groups is 1. The van der Waals surface area contributed by atoms with Gasteiger partial charge in [-0.2, -0.15) is 15.6 Å². The third-order valence-corrected chi connectivity index (χ3v) is 6.93. The first-order valence-corrected chi connectivity index (χ1v) is 11.8. The molecule has 6 nitrogen and oxygen atoms in total. The zero-order valence-electron chi connectivity index (χ0n) is 16.8. The molecule has 28 heavy (non-hydrogen) atoms. The molecule has 2 aromatic rings. The Morgan fingerprint density at radius 1 is 1.21 bits per heavy atom. The van der Waals surface area contributed by atoms with Crippen LogP contribution in [0.1, 0.15) is 39.7 Å². The molecule has 0 spiro atoms. The summed E-state index contributed by atoms with van der Waals surface area (Å²) in [6.45, 7) is 8.11. The van der Waals surface area contributed by atoms with E-state index in [1.807, 2.05) is 30.7 Å². The van der Waals surface area contributed by atoms with Crippen molar-refractivity contribution >= 4 is 33.0 Å². The number of thiophene rings is 1. The monoisotopic (exact) mass is 424 g/mol. The summed E-state index contributed by atoms with van der Waals surface area (Å²) in [6.07, 6.45) is 0.838. The SMILES string of the molecule is CCN(CC)S(=O)(=O)c1ccc(OC(C)C)c(NC(=O)CCc2ccsc2)c1. The average Bonchev–Trinajstić information content (AvgIpc) is 3.15. The largest absolute Gasteiger partial charge is 0.489 e. The summed E-state index contributed by atoms with van der Waals surface area (Å²) in [4.78, 5) is 12.6. The lowest BCUT2D eigenvalue weighted by molar-refractivity contribution is -0.116. The first-order chi connectivity index (χ1) is 13.3. The molecule has 1 aromatic carbocycles. The molecule has 1 heterocycles. The van der Waals surface area contributed by atoms with Crippen LogP contribution in [0.5, 0.6) is 5.75 Å². The molecule has 154 valence electrons. The van der Waals surface area contributed by atoms with E-state index in [1.54, 1.807) is 31.3 Å². The molecule has 0 radical (unpaired) electrons. The van der Waals surface area contributed by atoms with Crippen molar-refractivity contribution in [2.45, 2.75) is 51.5 Å². The quantitative estimate of drug-likeness (QED) is 0.622. The van der Waals surface area contributed by atoms with E-state index >= 15 is 0 Å². The number of amides is 1. The van der Waals surface area contributed by atoms with Crippen LogP contribution in [0.4, 0.5) is 5.69 Å². The molecule has 1 N–H and O–H groups in total. The Hall–Kier alpha value is -1.90. The Morgan fingerprint density at radius 2 is 1.93 bits per heavy atom. The zero-order valence-corrected chi connectivity index (χ0v) is 18.4. The molecule has 1 amide bonds. The third-order valence-electron chi connectivity index (χ3n) is 4.15. The van der Waals surface area contributed by atoms with Crippen LogP contribution in [-0.4, -0.2) is 37.8 Å². The molecule has 2 rings (SSSR count). The van der Waals surface area contributed by atoms with E-state index in [-0.39, 0.29) is 16.9 Å². The molecule has 8 heteroatoms. The van der Waals surface area contributed by atoms with Gasteiger partial charge in [-0.05, 0) is 60.9 Å². The number of ether oxygens (including phenoxy) is 1. The van der Waals surface area contributed by atoms with E-state index in [9.17, 15) is 13.2 Å². The first kappa shape index (κ1) is 22.4. The summed E-state index contributed by atoms with van der Waals surface area (Å²) in [5, 5.41) is 6.81. The van der Waals surface area contributed by atoms with Gasteiger partial charge in [-0.3, -0.25) is 4.79 Å². The van der Waals surface area contributed by atoms with E-state index in [0.717, 1.165) is 5.56 Å². The van der Waals surface area contributed by atoms with Gasteiger partial charge in [0.15, 0.2) is 0 Å². The Kier molecular flexibility index (Phi) is 8.03. The fraction of sp³-hybridized carbons (Fsp3) is 0.450. The van der Waals surface area contributed by atoms with Crippen LogP contribution in [0.3, 0.4) is 0 Å². The lowest BCUT2D eigenvalue weighted by Gasteiger charge is -2.20. The highest BCUT2D eigenvalue weighted by Crippen LogP contribution is 2.30. The molecule has 1 aromatic heterocycles. The molecule has 0 atom stereocenters. The minimum Gasteiger partial charge on any atom is -0.489 e. The fourth-order valence-corrected chi connectivity index (χ4v) is 4.93. The van der Waals surface area contributed by atoms with Crippen LogP contribution >= 0.6 is 11.3 Å². The third kappa shape index (κ3) is 5.80. The Balaban J connectivity index is 2.26. The van der Waals surface area contributed by atoms with E-state index in [0.29, 0.717) is 37.4 Å². The van der Waals surface area contributed by atoms with Gasteiger partial charge in [-0.1, -0.05) is 13.8 Å². The molecular weight excluding hydrogens is 396 g/mol. The van der Waals surface area contributed by atoms with Crippen molar-refractivity contribution in [1.29, 1.82) is 0 Å². The smallest absolute Gasteiger partial charge is 0.243 e. The van der Waals surface area contributed by atoms with Crippen molar-refractivity contribution in [3.05, 3.63) is 40.6 Å². The number of aryl methyl sites for hydroxylation is 1. The molecule has 0 saturated carbocycles. The lowest BCUT2D eigenvalue weighted by Crippen LogP contribution is -2.30. The number of benzene rings is 1. The number of nitrogens with one attached hydrogen (secondary N) is 1. The van der Waals surface area contributed by atoms with Crippen LogP contribution in [0, 0.1) is 0 Å². The lowest BCUT2D eigenvalue weighted by atomic mass is 10.2. The van der Waals surface area contributed by atoms with Gasteiger partial charge < -0.3 is 10.1 Å². The van der Waals surface area contributed by atoms with Crippen LogP contribution < -0.4 is 10.1 Å². The van der Waals surface area contributed by atoms with E-state index < -0.39 is 10.0 Å². The first-order valence-electron chi connectivity index (χ1n) is 9.39. The van der Waals surface area contributed by atoms with Crippen molar-refractivity contribution in [2.75, 3.05) is 18.4 Å². The van der Waals surface area contributed by atoms with Gasteiger partial charge in [0.2, 0.25) is 15.9 Å². The topological polar surface area (TPSA) is 75.7 Å². The predicted octanol–water partition coefficient (Wildman–Crippen LogP) is 4.14. The van der Waals surface area contributed by atoms with Crippen molar-refractivity contribution in [2.24, 2.45) is 0 Å². The maximum atomic E-state index is 12.8. The van der Waals surface area contributed by atoms with Gasteiger partial charge in [0.25, 0.3) is 0 Å². The molecule has 0 aliphatic rings. The molecule has 0 saturated heterocycles. The van der Waals surface area contributed by atoms with Crippen molar-refractivity contribution in [3.63, 3.8) is 0 Å². The number of nitrogens with zero attached hydrogens (tertiary/aromatic N) is 1. The Labute approximate surface area is 171 Å². The summed E-state index contributed by atoms with van der Waals surface area (Å²) in [5.74, 6) is 0.273. The van der Waals surface area contributed by atoms with Crippen molar-refractivity contribution < 1.29 is 17.9 Å². The fourth-order valence-electron chi connectivity index (χ4n) is 2.74. The molecular formula is C20H28N2O4S2. The van der Waals surface area contributed by atoms with Gasteiger partial charge in [0.05, 0.1) is 16.7 Å². The number of carbonyl (C=O) groups excluding carboxylic acids is 1. The summed E-state index contributed by atoms with van der Waals surface area (Å²) in [6, 6.07) is 6.59. The number of rotatable bonds is 10. The highest BCUT2D eigenvalue weighted by Gasteiger charge is 2.23. The Morgan fingerprint density at radius 3 is 2.50 bits per heavy atom. The normalized spacial score (nSPS) is 11.8. The zero-order chi connectivity index (χ0) is 20.7. The van der Waals surface area contributed by atoms with Crippen molar-refractivity contribution in [3.8, 4) is 5.75 Å².